The molecule has 0 unspecified atom stereocenters. The first kappa shape index (κ1) is 15.7. The maximum Gasteiger partial charge on any atom is 0.230 e. The largest absolute Gasteiger partial charge is 0.350 e. The number of nitrogens with zero attached hydrogens (tertiary/aromatic N) is 4. The third kappa shape index (κ3) is 2.65. The summed E-state index contributed by atoms with van der Waals surface area (Å²) in [6.07, 6.45) is 5.95. The van der Waals surface area contributed by atoms with Crippen LogP contribution < -0.4 is 15.5 Å². The van der Waals surface area contributed by atoms with Crippen molar-refractivity contribution in [2.24, 2.45) is 11.3 Å². The first-order chi connectivity index (χ1) is 12.7. The van der Waals surface area contributed by atoms with E-state index in [2.05, 4.69) is 41.8 Å². The van der Waals surface area contributed by atoms with Crippen molar-refractivity contribution in [2.45, 2.75) is 25.3 Å². The van der Waals surface area contributed by atoms with E-state index in [0.29, 0.717) is 31.5 Å². The highest BCUT2D eigenvalue weighted by molar-refractivity contribution is 5.85. The molecule has 2 atom stereocenters. The van der Waals surface area contributed by atoms with Crippen LogP contribution in [-0.2, 0) is 11.3 Å². The van der Waals surface area contributed by atoms with Gasteiger partial charge in [-0.05, 0) is 25.0 Å². The molecule has 1 aliphatic carbocycles. The molecule has 8 heteroatoms. The van der Waals surface area contributed by atoms with Gasteiger partial charge in [0, 0.05) is 50.4 Å². The second-order valence-corrected chi connectivity index (χ2v) is 7.69. The molecule has 3 aliphatic rings. The molecule has 5 rings (SSSR count). The van der Waals surface area contributed by atoms with E-state index in [1.54, 1.807) is 12.4 Å². The summed E-state index contributed by atoms with van der Waals surface area (Å²) in [4.78, 5) is 23.9. The van der Waals surface area contributed by atoms with Gasteiger partial charge in [-0.1, -0.05) is 0 Å². The number of carbonyl (C=O) groups is 1. The van der Waals surface area contributed by atoms with Crippen LogP contribution in [0.3, 0.4) is 0 Å². The number of H-pyrrole nitrogens is 1. The summed E-state index contributed by atoms with van der Waals surface area (Å²) < 4.78 is 0. The topological polar surface area (TPSA) is 98.8 Å². The fourth-order valence-electron chi connectivity index (χ4n) is 4.26. The van der Waals surface area contributed by atoms with Crippen molar-refractivity contribution in [3.05, 3.63) is 35.9 Å². The second-order valence-electron chi connectivity index (χ2n) is 7.69. The number of fused-ring (bicyclic) bond motifs is 1. The Kier molecular flexibility index (Phi) is 3.66. The van der Waals surface area contributed by atoms with Gasteiger partial charge >= 0.3 is 0 Å². The van der Waals surface area contributed by atoms with Crippen LogP contribution in [0.2, 0.25) is 0 Å². The van der Waals surface area contributed by atoms with Gasteiger partial charge in [0.25, 0.3) is 0 Å². The smallest absolute Gasteiger partial charge is 0.230 e. The summed E-state index contributed by atoms with van der Waals surface area (Å²) in [5.41, 5.74) is 1.68. The Morgan fingerprint density at radius 3 is 3.00 bits per heavy atom. The molecular weight excluding hydrogens is 330 g/mol. The van der Waals surface area contributed by atoms with Crippen molar-refractivity contribution in [1.82, 2.24) is 30.8 Å². The monoisotopic (exact) mass is 353 g/mol. The van der Waals surface area contributed by atoms with E-state index in [-0.39, 0.29) is 11.8 Å². The minimum absolute atomic E-state index is 0.105. The Balaban J connectivity index is 1.28. The summed E-state index contributed by atoms with van der Waals surface area (Å²) in [6, 6.07) is 3.89. The SMILES string of the molecule is O=C(NCc1cc(C2CC2)n[nH]1)[C@@]12CNC[C@@H]1CN(c1ncccn1)C2. The third-order valence-corrected chi connectivity index (χ3v) is 5.90. The summed E-state index contributed by atoms with van der Waals surface area (Å²) in [5, 5.41) is 13.9. The van der Waals surface area contributed by atoms with E-state index in [1.165, 1.54) is 12.8 Å². The summed E-state index contributed by atoms with van der Waals surface area (Å²) in [7, 11) is 0. The van der Waals surface area contributed by atoms with Gasteiger partial charge in [-0.3, -0.25) is 9.89 Å². The number of rotatable bonds is 5. The van der Waals surface area contributed by atoms with E-state index in [0.717, 1.165) is 24.5 Å². The third-order valence-electron chi connectivity index (χ3n) is 5.90. The predicted octanol–water partition coefficient (Wildman–Crippen LogP) is 0.419. The molecule has 2 aromatic heterocycles. The number of aromatic amines is 1. The fraction of sp³-hybridized carbons (Fsp3) is 0.556. The average molecular weight is 353 g/mol. The van der Waals surface area contributed by atoms with E-state index >= 15 is 0 Å². The molecule has 26 heavy (non-hydrogen) atoms. The van der Waals surface area contributed by atoms with E-state index in [4.69, 9.17) is 0 Å². The first-order valence-electron chi connectivity index (χ1n) is 9.30. The summed E-state index contributed by atoms with van der Waals surface area (Å²) >= 11 is 0. The highest BCUT2D eigenvalue weighted by Crippen LogP contribution is 2.41. The molecule has 0 spiro atoms. The highest BCUT2D eigenvalue weighted by atomic mass is 16.2. The Labute approximate surface area is 151 Å². The van der Waals surface area contributed by atoms with Crippen molar-refractivity contribution in [1.29, 1.82) is 0 Å². The minimum atomic E-state index is -0.418. The number of carbonyl (C=O) groups excluding carboxylic acids is 1. The van der Waals surface area contributed by atoms with Gasteiger partial charge in [0.15, 0.2) is 0 Å². The fourth-order valence-corrected chi connectivity index (χ4v) is 4.26. The van der Waals surface area contributed by atoms with Gasteiger partial charge in [-0.25, -0.2) is 9.97 Å². The molecule has 2 aromatic rings. The van der Waals surface area contributed by atoms with Crippen LogP contribution >= 0.6 is 0 Å². The number of hydrogen-bond donors (Lipinski definition) is 3. The van der Waals surface area contributed by atoms with Crippen molar-refractivity contribution in [2.75, 3.05) is 31.1 Å². The lowest BCUT2D eigenvalue weighted by atomic mass is 9.80. The predicted molar refractivity (Wildman–Crippen MR) is 95.4 cm³/mol. The lowest BCUT2D eigenvalue weighted by molar-refractivity contribution is -0.130. The van der Waals surface area contributed by atoms with Gasteiger partial charge in [0.05, 0.1) is 23.3 Å². The molecule has 136 valence electrons. The van der Waals surface area contributed by atoms with Gasteiger partial charge < -0.3 is 15.5 Å². The molecule has 8 nitrogen and oxygen atoms in total. The zero-order valence-corrected chi connectivity index (χ0v) is 14.6. The molecule has 2 aliphatic heterocycles. The molecule has 0 bridgehead atoms. The normalized spacial score (nSPS) is 27.5. The standard InChI is InChI=1S/C18H23N7O/c26-16(22-8-14-6-15(24-23-14)12-2-3-12)18-10-19-7-13(18)9-25(11-18)17-20-4-1-5-21-17/h1,4-6,12-13,19H,2-3,7-11H2,(H,22,26)(H,23,24)/t13-,18-/m1/s1. The molecular formula is C18H23N7O. The molecule has 2 saturated heterocycles. The van der Waals surface area contributed by atoms with Crippen LogP contribution in [0.25, 0.3) is 0 Å². The Hall–Kier alpha value is -2.48. The Morgan fingerprint density at radius 1 is 1.35 bits per heavy atom. The van der Waals surface area contributed by atoms with Crippen molar-refractivity contribution in [3.63, 3.8) is 0 Å². The van der Waals surface area contributed by atoms with Crippen molar-refractivity contribution < 1.29 is 4.79 Å². The van der Waals surface area contributed by atoms with Crippen LogP contribution in [0.15, 0.2) is 24.5 Å². The van der Waals surface area contributed by atoms with E-state index in [9.17, 15) is 4.79 Å². The Bertz CT molecular complexity index is 803. The van der Waals surface area contributed by atoms with Crippen LogP contribution in [0.1, 0.15) is 30.1 Å². The molecule has 4 heterocycles. The molecule has 0 aromatic carbocycles. The number of amides is 1. The van der Waals surface area contributed by atoms with Gasteiger partial charge in [0.1, 0.15) is 0 Å². The highest BCUT2D eigenvalue weighted by Gasteiger charge is 2.55. The van der Waals surface area contributed by atoms with E-state index < -0.39 is 5.41 Å². The molecule has 1 saturated carbocycles. The zero-order chi connectivity index (χ0) is 17.6. The van der Waals surface area contributed by atoms with Crippen molar-refractivity contribution >= 4 is 11.9 Å². The lowest BCUT2D eigenvalue weighted by Gasteiger charge is -2.26. The molecule has 1 amide bonds. The number of nitrogens with one attached hydrogen (secondary N) is 3. The lowest BCUT2D eigenvalue weighted by Crippen LogP contribution is -2.47. The molecule has 3 fully saturated rings. The maximum atomic E-state index is 13.1. The number of aromatic nitrogens is 4. The molecule has 0 radical (unpaired) electrons. The van der Waals surface area contributed by atoms with Crippen molar-refractivity contribution in [3.8, 4) is 0 Å². The van der Waals surface area contributed by atoms with Gasteiger partial charge in [-0.2, -0.15) is 5.10 Å². The van der Waals surface area contributed by atoms with Crippen LogP contribution in [0, 0.1) is 11.3 Å². The average Bonchev–Trinajstić information content (AvgIpc) is 3.11. The van der Waals surface area contributed by atoms with E-state index in [1.807, 2.05) is 6.07 Å². The van der Waals surface area contributed by atoms with Gasteiger partial charge in [0.2, 0.25) is 11.9 Å². The maximum absolute atomic E-state index is 13.1. The van der Waals surface area contributed by atoms with Crippen LogP contribution in [-0.4, -0.2) is 52.3 Å². The zero-order valence-electron chi connectivity index (χ0n) is 14.6. The first-order valence-corrected chi connectivity index (χ1v) is 9.30. The van der Waals surface area contributed by atoms with Gasteiger partial charge in [-0.15, -0.1) is 0 Å². The summed E-state index contributed by atoms with van der Waals surface area (Å²) in [6.45, 7) is 3.50. The quantitative estimate of drug-likeness (QED) is 0.721. The summed E-state index contributed by atoms with van der Waals surface area (Å²) in [5.74, 6) is 1.70. The Morgan fingerprint density at radius 2 is 2.19 bits per heavy atom. The second kappa shape index (κ2) is 6.05. The minimum Gasteiger partial charge on any atom is -0.350 e. The van der Waals surface area contributed by atoms with Crippen LogP contribution in [0.4, 0.5) is 5.95 Å². The number of hydrogen-bond acceptors (Lipinski definition) is 6. The van der Waals surface area contributed by atoms with Crippen LogP contribution in [0.5, 0.6) is 0 Å². The number of anilines is 1. The molecule has 3 N–H and O–H groups in total.